The number of ether oxygens (including phenoxy) is 8. The number of nitrogens with zero attached hydrogens (tertiary/aromatic N) is 9. The largest absolute Gasteiger partial charge is 0.491 e. The molecule has 0 radical (unpaired) electrons. The molecule has 4 fully saturated rings. The van der Waals surface area contributed by atoms with Crippen LogP contribution in [0.3, 0.4) is 0 Å². The van der Waals surface area contributed by atoms with E-state index in [4.69, 9.17) is 54.6 Å². The summed E-state index contributed by atoms with van der Waals surface area (Å²) in [4.78, 5) is 25.7. The summed E-state index contributed by atoms with van der Waals surface area (Å²) in [5.74, 6) is 0.720. The van der Waals surface area contributed by atoms with Gasteiger partial charge in [0.25, 0.3) is 0 Å². The monoisotopic (exact) mass is 985 g/mol. The quantitative estimate of drug-likeness (QED) is 0.151. The van der Waals surface area contributed by atoms with Crippen LogP contribution in [0.5, 0.6) is 11.5 Å². The molecular weight excluding hydrogens is 939 g/mol. The van der Waals surface area contributed by atoms with Crippen LogP contribution in [-0.2, 0) is 28.4 Å². The van der Waals surface area contributed by atoms with Crippen molar-refractivity contribution in [1.82, 2.24) is 39.0 Å². The number of aromatic nitrogens is 8. The topological polar surface area (TPSA) is 237 Å². The van der Waals surface area contributed by atoms with Gasteiger partial charge in [-0.05, 0) is 92.2 Å². The molecule has 0 saturated carbocycles. The lowest BCUT2D eigenvalue weighted by Gasteiger charge is -2.25. The van der Waals surface area contributed by atoms with Gasteiger partial charge in [-0.2, -0.15) is 5.26 Å². The fourth-order valence-electron chi connectivity index (χ4n) is 9.20. The maximum absolute atomic E-state index is 9.07. The average Bonchev–Trinajstić information content (AvgIpc) is 4.17. The van der Waals surface area contributed by atoms with Crippen LogP contribution in [0.25, 0.3) is 43.9 Å². The number of anilines is 2. The summed E-state index contributed by atoms with van der Waals surface area (Å²) in [5, 5.41) is 12.5. The number of rotatable bonds is 8. The molecule has 4 aliphatic heterocycles. The van der Waals surface area contributed by atoms with E-state index in [1.807, 2.05) is 104 Å². The summed E-state index contributed by atoms with van der Waals surface area (Å²) in [7, 11) is 0. The van der Waals surface area contributed by atoms with Gasteiger partial charge in [-0.3, -0.25) is 9.97 Å². The average molecular weight is 987 g/mol. The van der Waals surface area contributed by atoms with Gasteiger partial charge in [0.15, 0.2) is 24.0 Å². The van der Waals surface area contributed by atoms with Crippen molar-refractivity contribution in [1.29, 1.82) is 5.26 Å². The van der Waals surface area contributed by atoms with Crippen molar-refractivity contribution in [3.63, 3.8) is 0 Å². The molecule has 4 aliphatic rings. The third-order valence-electron chi connectivity index (χ3n) is 12.1. The molecule has 20 heteroatoms. The number of hydrogen-bond donors (Lipinski definition) is 2. The van der Waals surface area contributed by atoms with E-state index < -0.39 is 24.0 Å². The number of halogens is 1. The smallest absolute Gasteiger partial charge is 0.164 e. The first-order valence-electron chi connectivity index (χ1n) is 21.6. The van der Waals surface area contributed by atoms with Gasteiger partial charge in [-0.15, -0.1) is 0 Å². The Balaban J connectivity index is 0.000000156. The molecule has 19 nitrogen and oxygen atoms in total. The molecule has 350 valence electrons. The minimum absolute atomic E-state index is 0. The summed E-state index contributed by atoms with van der Waals surface area (Å²) in [6.45, 7) is 8.14. The Labute approximate surface area is 398 Å². The Bertz CT molecular complexity index is 3230. The van der Waals surface area contributed by atoms with Crippen LogP contribution in [0.1, 0.15) is 53.1 Å². The lowest BCUT2D eigenvalue weighted by atomic mass is 10.1. The second-order valence-corrected chi connectivity index (χ2v) is 18.4. The first-order chi connectivity index (χ1) is 32.3. The molecule has 0 unspecified atom stereocenters. The third-order valence-corrected chi connectivity index (χ3v) is 12.5. The molecule has 0 bridgehead atoms. The summed E-state index contributed by atoms with van der Waals surface area (Å²) < 4.78 is 54.6. The molecule has 8 atom stereocenters. The van der Waals surface area contributed by atoms with E-state index >= 15 is 0 Å². The van der Waals surface area contributed by atoms with Gasteiger partial charge < -0.3 is 58.5 Å². The number of nitrogens with two attached hydrogens (primary N) is 2. The van der Waals surface area contributed by atoms with Crippen molar-refractivity contribution >= 4 is 71.4 Å². The van der Waals surface area contributed by atoms with Crippen LogP contribution in [0.15, 0.2) is 103 Å². The Morgan fingerprint density at radius 2 is 1.10 bits per heavy atom. The van der Waals surface area contributed by atoms with E-state index in [1.54, 1.807) is 18.5 Å². The Kier molecular flexibility index (Phi) is 11.6. The van der Waals surface area contributed by atoms with Gasteiger partial charge in [0, 0.05) is 52.2 Å². The Morgan fingerprint density at radius 3 is 1.60 bits per heavy atom. The molecule has 0 amide bonds. The van der Waals surface area contributed by atoms with E-state index in [-0.39, 0.29) is 50.7 Å². The van der Waals surface area contributed by atoms with Crippen molar-refractivity contribution in [2.24, 2.45) is 0 Å². The molecule has 68 heavy (non-hydrogen) atoms. The van der Waals surface area contributed by atoms with Crippen molar-refractivity contribution in [3.8, 4) is 17.6 Å². The molecule has 6 aromatic heterocycles. The lowest BCUT2D eigenvalue weighted by Crippen LogP contribution is -2.33. The maximum Gasteiger partial charge on any atom is 0.164 e. The maximum atomic E-state index is 9.07. The van der Waals surface area contributed by atoms with Crippen LogP contribution in [0, 0.1) is 11.3 Å². The normalized spacial score (nSPS) is 25.4. The van der Waals surface area contributed by atoms with Gasteiger partial charge in [-0.25, -0.2) is 19.9 Å². The molecule has 0 spiro atoms. The zero-order chi connectivity index (χ0) is 46.2. The van der Waals surface area contributed by atoms with E-state index in [0.29, 0.717) is 46.6 Å². The van der Waals surface area contributed by atoms with Crippen molar-refractivity contribution in [2.45, 2.75) is 95.8 Å². The predicted octanol–water partition coefficient (Wildman–Crippen LogP) is 7.39. The molecule has 4 N–H and O–H groups in total. The van der Waals surface area contributed by atoms with Gasteiger partial charge in [0.1, 0.15) is 103 Å². The van der Waals surface area contributed by atoms with Crippen LogP contribution in [-0.4, -0.2) is 100 Å². The third kappa shape index (κ3) is 8.40. The molecular formula is C48H48BrN11O8. The van der Waals surface area contributed by atoms with Crippen LogP contribution in [0.2, 0.25) is 0 Å². The summed E-state index contributed by atoms with van der Waals surface area (Å²) in [6, 6.07) is 21.1. The highest BCUT2D eigenvalue weighted by atomic mass is 79.9. The highest BCUT2D eigenvalue weighted by molar-refractivity contribution is 9.10. The van der Waals surface area contributed by atoms with Gasteiger partial charge in [0.05, 0.1) is 27.4 Å². The minimum atomic E-state index is -0.752. The molecule has 10 heterocycles. The van der Waals surface area contributed by atoms with Gasteiger partial charge in [0.2, 0.25) is 0 Å². The second-order valence-electron chi connectivity index (χ2n) is 17.5. The molecule has 12 rings (SSSR count). The van der Waals surface area contributed by atoms with E-state index in [9.17, 15) is 0 Å². The van der Waals surface area contributed by atoms with Crippen LogP contribution < -0.4 is 20.9 Å². The first kappa shape index (κ1) is 45.2. The minimum Gasteiger partial charge on any atom is -0.491 e. The molecule has 2 aromatic carbocycles. The SMILES string of the molecule is C.CC1(C)O[C@@H]2[C@H](O1)[C@@H](COc1ccc3cc(Br)cnc3c1)O[C@H]2n1ccc2c(N)ncnc21.CC1(C)O[C@@H]2[C@H](O1)[C@@H](COc1ccc3cc(C#N)cnc3c1)O[C@H]2n1ccc2c(N)ncnc21. The molecule has 4 saturated heterocycles. The first-order valence-corrected chi connectivity index (χ1v) is 22.4. The van der Waals surface area contributed by atoms with E-state index in [0.717, 1.165) is 37.1 Å². The van der Waals surface area contributed by atoms with Gasteiger partial charge >= 0.3 is 0 Å². The van der Waals surface area contributed by atoms with Crippen molar-refractivity contribution < 1.29 is 37.9 Å². The highest BCUT2D eigenvalue weighted by Gasteiger charge is 2.57. The fourth-order valence-corrected chi connectivity index (χ4v) is 9.55. The van der Waals surface area contributed by atoms with E-state index in [1.165, 1.54) is 12.7 Å². The van der Waals surface area contributed by atoms with Crippen molar-refractivity contribution in [3.05, 3.63) is 108 Å². The number of nitriles is 1. The van der Waals surface area contributed by atoms with Crippen LogP contribution >= 0.6 is 15.9 Å². The number of pyridine rings is 2. The molecule has 0 aliphatic carbocycles. The number of fused-ring (bicyclic) bond motifs is 6. The number of benzene rings is 2. The zero-order valence-electron chi connectivity index (χ0n) is 36.6. The standard InChI is InChI=1S/C24H22N6O4.C23H22BrN5O4.CH4/c1-24(2)33-19-18(11-31-15-4-3-14-7-13(9-25)10-27-17(14)8-15)32-23(20(19)34-24)30-6-5-16-21(26)28-12-29-22(16)30;1-23(2)32-18-17(10-30-14-4-3-12-7-13(24)9-26-16(12)8-14)31-22(19(18)33-23)29-6-5-15-20(25)27-11-28-21(15)29;/h3-8,10,12,18-20,23H,11H2,1-2H3,(H2,26,28,29);3-9,11,17-19,22H,10H2,1-2H3,(H2,25,27,28);1H4/t18-,19-,20-,23-;17-,18-,19-,22-;/m11./s1. The Hall–Kier alpha value is -6.57. The Morgan fingerprint density at radius 1 is 0.632 bits per heavy atom. The highest BCUT2D eigenvalue weighted by Crippen LogP contribution is 2.46. The summed E-state index contributed by atoms with van der Waals surface area (Å²) >= 11 is 3.45. The zero-order valence-corrected chi connectivity index (χ0v) is 38.2. The number of hydrogen-bond acceptors (Lipinski definition) is 17. The predicted molar refractivity (Wildman–Crippen MR) is 253 cm³/mol. The second kappa shape index (κ2) is 17.5. The van der Waals surface area contributed by atoms with Crippen molar-refractivity contribution in [2.75, 3.05) is 24.7 Å². The van der Waals surface area contributed by atoms with Gasteiger partial charge in [-0.1, -0.05) is 7.43 Å². The number of nitrogen functional groups attached to an aromatic ring is 2. The van der Waals surface area contributed by atoms with E-state index in [2.05, 4.69) is 51.9 Å². The molecule has 8 aromatic rings. The fraction of sp³-hybridized carbons (Fsp3) is 0.354. The summed E-state index contributed by atoms with van der Waals surface area (Å²) in [5.41, 5.74) is 15.5. The summed E-state index contributed by atoms with van der Waals surface area (Å²) in [6.07, 6.45) is 7.05. The lowest BCUT2D eigenvalue weighted by molar-refractivity contribution is -0.199. The van der Waals surface area contributed by atoms with Crippen LogP contribution in [0.4, 0.5) is 11.6 Å².